The number of primary amides is 1. The number of nitrogens with one attached hydrogen (secondary N) is 1. The lowest BCUT2D eigenvalue weighted by molar-refractivity contribution is 0.254. The molecule has 0 bridgehead atoms. The highest BCUT2D eigenvalue weighted by Gasteiger charge is 2.22. The minimum absolute atomic E-state index is 0.255. The van der Waals surface area contributed by atoms with Gasteiger partial charge in [0.1, 0.15) is 18.5 Å². The zero-order chi connectivity index (χ0) is 11.4. The Hall–Kier alpha value is -1.40. The molecule has 1 aliphatic rings. The number of epoxide rings is 1. The van der Waals surface area contributed by atoms with Crippen molar-refractivity contribution in [1.82, 2.24) is 4.72 Å². The minimum Gasteiger partial charge on any atom is -0.491 e. The Morgan fingerprint density at radius 2 is 2.25 bits per heavy atom. The number of nitrogens with two attached hydrogens (primary N) is 1. The predicted octanol–water partition coefficient (Wildman–Crippen LogP) is 1.14. The highest BCUT2D eigenvalue weighted by molar-refractivity contribution is 7.98. The van der Waals surface area contributed by atoms with E-state index in [2.05, 4.69) is 4.72 Å². The van der Waals surface area contributed by atoms with Crippen LogP contribution in [0, 0.1) is 0 Å². The summed E-state index contributed by atoms with van der Waals surface area (Å²) in [5, 5.41) is 0. The molecule has 1 saturated heterocycles. The van der Waals surface area contributed by atoms with Crippen LogP contribution < -0.4 is 15.2 Å². The van der Waals surface area contributed by atoms with Gasteiger partial charge in [-0.1, -0.05) is 0 Å². The maximum atomic E-state index is 10.5. The Morgan fingerprint density at radius 3 is 2.81 bits per heavy atom. The number of hydrogen-bond acceptors (Lipinski definition) is 4. The monoisotopic (exact) mass is 240 g/mol. The summed E-state index contributed by atoms with van der Waals surface area (Å²) in [6.45, 7) is 1.38. The van der Waals surface area contributed by atoms with E-state index in [9.17, 15) is 4.79 Å². The predicted molar refractivity (Wildman–Crippen MR) is 60.3 cm³/mol. The average Bonchev–Trinajstić information content (AvgIpc) is 3.09. The number of benzene rings is 1. The van der Waals surface area contributed by atoms with Crippen LogP contribution in [0.2, 0.25) is 0 Å². The molecule has 0 aromatic heterocycles. The first-order valence-electron chi connectivity index (χ1n) is 4.81. The smallest absolute Gasteiger partial charge is 0.322 e. The topological polar surface area (TPSA) is 76.9 Å². The van der Waals surface area contributed by atoms with Crippen molar-refractivity contribution in [3.05, 3.63) is 24.3 Å². The van der Waals surface area contributed by atoms with Gasteiger partial charge in [0, 0.05) is 4.90 Å². The Kier molecular flexibility index (Phi) is 3.53. The molecule has 6 heteroatoms. The summed E-state index contributed by atoms with van der Waals surface area (Å²) in [6.07, 6.45) is 0.255. The summed E-state index contributed by atoms with van der Waals surface area (Å²) in [5.41, 5.74) is 4.95. The van der Waals surface area contributed by atoms with Gasteiger partial charge in [-0.15, -0.1) is 0 Å². The fourth-order valence-corrected chi connectivity index (χ4v) is 1.56. The third-order valence-electron chi connectivity index (χ3n) is 1.93. The van der Waals surface area contributed by atoms with Gasteiger partial charge >= 0.3 is 6.03 Å². The highest BCUT2D eigenvalue weighted by Crippen LogP contribution is 2.20. The van der Waals surface area contributed by atoms with E-state index in [-0.39, 0.29) is 6.10 Å². The lowest BCUT2D eigenvalue weighted by Gasteiger charge is -2.05. The number of carbonyl (C=O) groups is 1. The Morgan fingerprint density at radius 1 is 1.56 bits per heavy atom. The van der Waals surface area contributed by atoms with Crippen LogP contribution >= 0.6 is 11.9 Å². The highest BCUT2D eigenvalue weighted by atomic mass is 32.2. The molecule has 2 rings (SSSR count). The summed E-state index contributed by atoms with van der Waals surface area (Å²) in [4.78, 5) is 11.4. The molecule has 1 aromatic rings. The SMILES string of the molecule is NC(=O)NSc1ccc(OCC2CO2)cc1. The van der Waals surface area contributed by atoms with Crippen LogP contribution in [0.4, 0.5) is 4.79 Å². The van der Waals surface area contributed by atoms with Gasteiger partial charge in [0.05, 0.1) is 6.61 Å². The first kappa shape index (κ1) is 11.1. The number of amides is 2. The second-order valence-corrected chi connectivity index (χ2v) is 4.19. The van der Waals surface area contributed by atoms with E-state index in [0.29, 0.717) is 6.61 Å². The summed E-state index contributed by atoms with van der Waals surface area (Å²) in [7, 11) is 0. The van der Waals surface area contributed by atoms with Crippen LogP contribution in [0.1, 0.15) is 0 Å². The molecule has 1 aliphatic heterocycles. The number of ether oxygens (including phenoxy) is 2. The van der Waals surface area contributed by atoms with Crippen molar-refractivity contribution in [2.24, 2.45) is 5.73 Å². The molecule has 1 aromatic carbocycles. The molecule has 86 valence electrons. The summed E-state index contributed by atoms with van der Waals surface area (Å²) in [6, 6.07) is 6.82. The van der Waals surface area contributed by atoms with E-state index < -0.39 is 6.03 Å². The fraction of sp³-hybridized carbons (Fsp3) is 0.300. The third kappa shape index (κ3) is 3.63. The van der Waals surface area contributed by atoms with Gasteiger partial charge in [-0.25, -0.2) is 4.79 Å². The lowest BCUT2D eigenvalue weighted by atomic mass is 10.3. The van der Waals surface area contributed by atoms with E-state index in [1.54, 1.807) is 0 Å². The Bertz CT molecular complexity index is 365. The molecular formula is C10H12N2O3S. The van der Waals surface area contributed by atoms with Crippen LogP contribution in [0.5, 0.6) is 5.75 Å². The van der Waals surface area contributed by atoms with Crippen LogP contribution in [0.25, 0.3) is 0 Å². The number of hydrogen-bond donors (Lipinski definition) is 2. The molecule has 1 unspecified atom stereocenters. The lowest BCUT2D eigenvalue weighted by Crippen LogP contribution is -2.22. The van der Waals surface area contributed by atoms with Crippen LogP contribution in [0.3, 0.4) is 0 Å². The van der Waals surface area contributed by atoms with Crippen molar-refractivity contribution < 1.29 is 14.3 Å². The molecule has 1 heterocycles. The normalized spacial score (nSPS) is 17.9. The molecular weight excluding hydrogens is 228 g/mol. The standard InChI is InChI=1S/C10H12N2O3S/c11-10(13)12-16-9-3-1-7(2-4-9)14-5-8-6-15-8/h1-4,8H,5-6H2,(H3,11,12,13). The van der Waals surface area contributed by atoms with Crippen molar-refractivity contribution in [3.8, 4) is 5.75 Å². The first-order chi connectivity index (χ1) is 7.74. The zero-order valence-electron chi connectivity index (χ0n) is 8.51. The molecule has 5 nitrogen and oxygen atoms in total. The van der Waals surface area contributed by atoms with Gasteiger partial charge in [0.25, 0.3) is 0 Å². The second kappa shape index (κ2) is 5.09. The summed E-state index contributed by atoms with van der Waals surface area (Å²) in [5.74, 6) is 0.791. The van der Waals surface area contributed by atoms with E-state index in [1.807, 2.05) is 24.3 Å². The zero-order valence-corrected chi connectivity index (χ0v) is 9.33. The van der Waals surface area contributed by atoms with Crippen LogP contribution in [-0.4, -0.2) is 25.3 Å². The van der Waals surface area contributed by atoms with E-state index in [4.69, 9.17) is 15.2 Å². The van der Waals surface area contributed by atoms with Crippen molar-refractivity contribution in [3.63, 3.8) is 0 Å². The van der Waals surface area contributed by atoms with E-state index in [0.717, 1.165) is 17.3 Å². The minimum atomic E-state index is -0.559. The van der Waals surface area contributed by atoms with Crippen molar-refractivity contribution in [2.75, 3.05) is 13.2 Å². The Labute approximate surface area is 97.4 Å². The van der Waals surface area contributed by atoms with Gasteiger partial charge in [0.2, 0.25) is 0 Å². The maximum absolute atomic E-state index is 10.5. The largest absolute Gasteiger partial charge is 0.491 e. The molecule has 1 fully saturated rings. The molecule has 2 amide bonds. The van der Waals surface area contributed by atoms with Crippen LogP contribution in [-0.2, 0) is 4.74 Å². The third-order valence-corrected chi connectivity index (χ3v) is 2.74. The maximum Gasteiger partial charge on any atom is 0.322 e. The Balaban J connectivity index is 1.80. The molecule has 3 N–H and O–H groups in total. The summed E-state index contributed by atoms with van der Waals surface area (Å²) < 4.78 is 12.9. The van der Waals surface area contributed by atoms with E-state index >= 15 is 0 Å². The van der Waals surface area contributed by atoms with Gasteiger partial charge in [-0.05, 0) is 36.2 Å². The van der Waals surface area contributed by atoms with Crippen LogP contribution in [0.15, 0.2) is 29.2 Å². The van der Waals surface area contributed by atoms with E-state index in [1.165, 1.54) is 11.9 Å². The van der Waals surface area contributed by atoms with Gasteiger partial charge in [0.15, 0.2) is 0 Å². The first-order valence-corrected chi connectivity index (χ1v) is 5.62. The number of carbonyl (C=O) groups excluding carboxylic acids is 1. The number of urea groups is 1. The summed E-state index contributed by atoms with van der Waals surface area (Å²) >= 11 is 1.17. The van der Waals surface area contributed by atoms with Crippen molar-refractivity contribution in [2.45, 2.75) is 11.0 Å². The molecule has 16 heavy (non-hydrogen) atoms. The molecule has 0 radical (unpaired) electrons. The molecule has 0 aliphatic carbocycles. The molecule has 0 spiro atoms. The second-order valence-electron chi connectivity index (χ2n) is 3.31. The van der Waals surface area contributed by atoms with Crippen molar-refractivity contribution >= 4 is 18.0 Å². The number of rotatable bonds is 5. The average molecular weight is 240 g/mol. The quantitative estimate of drug-likeness (QED) is 0.597. The van der Waals surface area contributed by atoms with Gasteiger partial charge < -0.3 is 15.2 Å². The fourth-order valence-electron chi connectivity index (χ4n) is 1.07. The van der Waals surface area contributed by atoms with Gasteiger partial charge in [-0.2, -0.15) is 0 Å². The molecule has 0 saturated carbocycles. The molecule has 1 atom stereocenters. The van der Waals surface area contributed by atoms with Gasteiger partial charge in [-0.3, -0.25) is 4.72 Å². The van der Waals surface area contributed by atoms with Crippen molar-refractivity contribution in [1.29, 1.82) is 0 Å².